The first-order valence-corrected chi connectivity index (χ1v) is 51.9. The molecule has 8 amide bonds. The molecule has 11 aliphatic heterocycles. The second-order valence-electron chi connectivity index (χ2n) is 38.1. The summed E-state index contributed by atoms with van der Waals surface area (Å²) in [6, 6.07) is 7.80. The van der Waals surface area contributed by atoms with Crippen LogP contribution in [0, 0.1) is 0 Å². The summed E-state index contributed by atoms with van der Waals surface area (Å²) in [5.74, 6) is -16.6. The third-order valence-electron chi connectivity index (χ3n) is 27.3. The first-order valence-electron chi connectivity index (χ1n) is 49.6. The van der Waals surface area contributed by atoms with Crippen molar-refractivity contribution in [2.24, 2.45) is 0 Å². The SMILES string of the molecule is CC(=O)[O-].CCCCCCCCCCC(=O)N[C@H]1[C@H](Oc2c3cc4cc2Oc2ccc(cc2Cl)[C@@H](O)[C@@H]2NC(=O)[C@H](NC(=O)[C@@H]4NC(=O)[C@H]4NC(=O)[C@@H](Cc5ccc(cc5)O3)NC(=O)[C@@H](NC)c3ccc(O)c(c3)Oc3cc(O[P+](N5CCCC5)(N5CCCC5)N5CCCC5)c(Cl)c4c3)c3ccc(O)c(c3)-c3c(O[C@H]4O[C@H](CO)[C@@H](O)[C@H](O)[C@@H]4O)cc(O)cc3[C@@H](C(=O)NCCCN(C)C)NC2=O)O[C@H](C(=O)OC)[C@@H](O)[C@@H]1O. The highest BCUT2D eigenvalue weighted by Gasteiger charge is 2.63. The van der Waals surface area contributed by atoms with E-state index >= 15 is 33.6 Å². The summed E-state index contributed by atoms with van der Waals surface area (Å²) in [6.45, 7) is 6.16. The zero-order valence-corrected chi connectivity index (χ0v) is 84.8. The molecule has 18 rings (SSSR count). The maximum absolute atomic E-state index is 17.4. The summed E-state index contributed by atoms with van der Waals surface area (Å²) in [5, 5.41) is 152. The Kier molecular flexibility index (Phi) is 36.5. The lowest BCUT2D eigenvalue weighted by Crippen LogP contribution is -2.66. The summed E-state index contributed by atoms with van der Waals surface area (Å²) < 4.78 is 66.1. The molecule has 148 heavy (non-hydrogen) atoms. The minimum atomic E-state index is -3.21. The molecule has 5 fully saturated rings. The molecule has 0 aromatic heterocycles. The van der Waals surface area contributed by atoms with Crippen molar-refractivity contribution in [3.05, 3.63) is 164 Å². The van der Waals surface area contributed by atoms with Gasteiger partial charge in [-0.2, -0.15) is 0 Å². The fourth-order valence-corrected chi connectivity index (χ4v) is 24.5. The molecule has 0 aliphatic carbocycles. The van der Waals surface area contributed by atoms with Crippen LogP contribution >= 0.6 is 31.1 Å². The van der Waals surface area contributed by atoms with Gasteiger partial charge in [0.25, 0.3) is 0 Å². The smallest absolute Gasteiger partial charge is 0.417 e. The monoisotopic (exact) mass is 2110 g/mol. The normalized spacial score (nSPS) is 25.9. The number of phenolic OH excluding ortho intramolecular Hbond substituents is 3. The van der Waals surface area contributed by atoms with E-state index in [0.29, 0.717) is 70.6 Å². The molecule has 798 valence electrons. The average Bonchev–Trinajstić information content (AvgIpc) is 1.62. The van der Waals surface area contributed by atoms with E-state index in [0.717, 1.165) is 140 Å². The number of fused-ring (bicyclic) bond motifs is 14. The van der Waals surface area contributed by atoms with Crippen LogP contribution in [0.1, 0.15) is 192 Å². The predicted molar refractivity (Wildman–Crippen MR) is 531 cm³/mol. The number of halogens is 2. The molecular formula is C102H126Cl2N13O30P. The molecule has 43 nitrogen and oxygen atoms in total. The standard InChI is InChI=1S/C100H122Cl2N13O28P.C2H4O2/c1-6-7-8-9-10-11-12-13-21-73(120)106-82-85(123)87(125)90(98(134)135-5)142-99(82)141-89-70-44-55-45-71(89)138-66-31-26-54(42-62(66)101)83(121)81-97(133)110-79(92(128)104-32-20-33-112(3)4)60-46-56(117)47-68(139-100-88(126)86(124)84(122)72(50-116)140-100)74(60)59-41-52(24-29-64(59)118)77(94(130)111-81)107-95(131)78(55)108-96(132)80-61-48-58(49-69(75(61)102)143-144(113-34-14-15-35-113,114-36-16-17-37-114)115-38-18-19-39-115)137-67-43-53(25-30-65(67)119)76(103-2)93(129)105-63(91(127)109-80)40-51-22-27-57(136-70)28-23-51;1-2(3)4/h22-31,41-49,63,72,76-88,90,99-100,103,116,121-126H,6-21,32-40,50H2,1-5H3,(H10-,104,105,106,107,108,109,110,111,117,118,119,120,127,128,129,130,131,132,133);1H3,(H,3,4)/t63-,72-,76+,77-,78-,79+,80+,81+,82-,83-,84-,85-,86+,87+,88+,90+,99-,100+;/m1./s1. The van der Waals surface area contributed by atoms with Gasteiger partial charge in [-0.15, -0.1) is 14.0 Å². The van der Waals surface area contributed by atoms with Crippen LogP contribution in [0.3, 0.4) is 0 Å². The Bertz CT molecular complexity index is 5950. The number of aliphatic hydroxyl groups excluding tert-OH is 7. The number of nitrogens with one attached hydrogen (secondary N) is 9. The van der Waals surface area contributed by atoms with Crippen molar-refractivity contribution < 1.29 is 147 Å². The number of hydrogen-bond acceptors (Lipinski definition) is 35. The van der Waals surface area contributed by atoms with Gasteiger partial charge >= 0.3 is 13.9 Å². The number of carboxylic acids is 1. The number of rotatable bonds is 27. The van der Waals surface area contributed by atoms with Gasteiger partial charge in [-0.05, 0) is 192 Å². The molecule has 11 aliphatic rings. The predicted octanol–water partition coefficient (Wildman–Crippen LogP) is 5.40. The zero-order valence-electron chi connectivity index (χ0n) is 82.4. The van der Waals surface area contributed by atoms with Crippen molar-refractivity contribution in [2.45, 2.75) is 233 Å². The molecule has 18 atom stereocenters. The van der Waals surface area contributed by atoms with E-state index in [-0.39, 0.29) is 75.4 Å². The number of unbranched alkanes of at least 4 members (excludes halogenated alkanes) is 7. The van der Waals surface area contributed by atoms with Gasteiger partial charge < -0.3 is 152 Å². The number of carbonyl (C=O) groups excluding carboxylic acids is 10. The summed E-state index contributed by atoms with van der Waals surface area (Å²) in [6.07, 6.45) is -9.04. The Labute approximate surface area is 863 Å². The van der Waals surface area contributed by atoms with E-state index in [4.69, 9.17) is 75.5 Å². The lowest BCUT2D eigenvalue weighted by molar-refractivity contribution is -0.302. The molecule has 0 unspecified atom stereocenters. The highest BCUT2D eigenvalue weighted by molar-refractivity contribution is 7.64. The van der Waals surface area contributed by atoms with Crippen molar-refractivity contribution in [1.82, 2.24) is 66.8 Å². The Balaban J connectivity index is 0.00000403. The Hall–Kier alpha value is -12.1. The van der Waals surface area contributed by atoms with Crippen molar-refractivity contribution in [2.75, 3.05) is 87.2 Å². The highest BCUT2D eigenvalue weighted by Crippen LogP contribution is 2.71. The fourth-order valence-electron chi connectivity index (χ4n) is 19.7. The summed E-state index contributed by atoms with van der Waals surface area (Å²) in [5.41, 5.74) is -2.15. The van der Waals surface area contributed by atoms with Gasteiger partial charge in [0.05, 0.1) is 23.8 Å². The number of esters is 1. The first-order chi connectivity index (χ1) is 71.0. The molecule has 11 heterocycles. The number of benzene rings is 7. The van der Waals surface area contributed by atoms with Crippen molar-refractivity contribution in [3.8, 4) is 80.1 Å². The van der Waals surface area contributed by atoms with Crippen LogP contribution in [0.4, 0.5) is 0 Å². The number of aliphatic carboxylic acids is 1. The van der Waals surface area contributed by atoms with Crippen molar-refractivity contribution >= 4 is 90.3 Å². The van der Waals surface area contributed by atoms with Gasteiger partial charge in [0.15, 0.2) is 29.1 Å². The van der Waals surface area contributed by atoms with Crippen molar-refractivity contribution in [1.29, 1.82) is 0 Å². The van der Waals surface area contributed by atoms with Gasteiger partial charge in [-0.25, -0.2) is 4.79 Å². The number of amides is 8. The summed E-state index contributed by atoms with van der Waals surface area (Å²) in [4.78, 5) is 154. The van der Waals surface area contributed by atoms with Crippen LogP contribution in [0.5, 0.6) is 69.0 Å². The van der Waals surface area contributed by atoms with E-state index in [2.05, 4.69) is 68.8 Å². The number of methoxy groups -OCH3 is 1. The number of aliphatic hydroxyl groups is 7. The van der Waals surface area contributed by atoms with E-state index in [1.54, 1.807) is 14.1 Å². The molecule has 0 saturated carbocycles. The second kappa shape index (κ2) is 49.1. The Morgan fingerprint density at radius 2 is 1.15 bits per heavy atom. The summed E-state index contributed by atoms with van der Waals surface area (Å²) in [7, 11) is 2.83. The summed E-state index contributed by atoms with van der Waals surface area (Å²) >= 11 is 15.5. The van der Waals surface area contributed by atoms with Gasteiger partial charge in [0.2, 0.25) is 71.3 Å². The number of hydrogen-bond donors (Lipinski definition) is 19. The average molecular weight is 2120 g/mol. The number of likely N-dealkylation sites (N-methyl/N-ethyl adjacent to an activating group) is 1. The molecule has 0 radical (unpaired) electrons. The van der Waals surface area contributed by atoms with Crippen LogP contribution in [-0.4, -0.2) is 290 Å². The van der Waals surface area contributed by atoms with E-state index < -0.39 is 251 Å². The Morgan fingerprint density at radius 3 is 1.78 bits per heavy atom. The van der Waals surface area contributed by atoms with Crippen LogP contribution < -0.4 is 81.2 Å². The molecule has 7 aromatic rings. The number of aromatic hydroxyl groups is 3. The molecular weight excluding hydrogens is 1990 g/mol. The van der Waals surface area contributed by atoms with Crippen molar-refractivity contribution in [3.63, 3.8) is 0 Å². The van der Waals surface area contributed by atoms with Crippen LogP contribution in [0.2, 0.25) is 10.0 Å². The maximum Gasteiger partial charge on any atom is 0.417 e. The highest BCUT2D eigenvalue weighted by atomic mass is 35.5. The minimum absolute atomic E-state index is 0.0704. The third-order valence-corrected chi connectivity index (χ3v) is 31.9. The van der Waals surface area contributed by atoms with Gasteiger partial charge in [-0.3, -0.25) is 42.9 Å². The first kappa shape index (κ1) is 110. The molecule has 0 spiro atoms. The van der Waals surface area contributed by atoms with E-state index in [1.165, 1.54) is 73.8 Å². The third kappa shape index (κ3) is 24.9. The number of nitrogens with zero attached hydrogens (tertiary/aromatic N) is 4. The number of carbonyl (C=O) groups is 10. The second-order valence-corrected chi connectivity index (χ2v) is 41.8. The maximum atomic E-state index is 17.4. The number of phenols is 3. The molecule has 5 saturated heterocycles. The number of carboxylic acid groups (broad SMARTS) is 1. The van der Waals surface area contributed by atoms with E-state index in [9.17, 15) is 60.7 Å². The largest absolute Gasteiger partial charge is 0.550 e. The fraction of sp³-hybridized carbons (Fsp3) is 0.490. The Morgan fingerprint density at radius 1 is 0.554 bits per heavy atom. The van der Waals surface area contributed by atoms with Crippen LogP contribution in [-0.2, 0) is 68.6 Å². The quantitative estimate of drug-likeness (QED) is 0.0174. The van der Waals surface area contributed by atoms with Gasteiger partial charge in [0, 0.05) is 93.4 Å². The molecule has 7 aromatic carbocycles. The molecule has 46 heteroatoms. The topological polar surface area (TPSA) is 600 Å². The van der Waals surface area contributed by atoms with Crippen LogP contribution in [0.25, 0.3) is 11.1 Å². The zero-order chi connectivity index (χ0) is 106. The molecule has 17 bridgehead atoms. The van der Waals surface area contributed by atoms with Gasteiger partial charge in [-0.1, -0.05) is 105 Å². The van der Waals surface area contributed by atoms with E-state index in [1.807, 2.05) is 4.90 Å². The van der Waals surface area contributed by atoms with Crippen LogP contribution in [0.15, 0.2) is 115 Å². The minimum Gasteiger partial charge on any atom is -0.550 e. The van der Waals surface area contributed by atoms with Gasteiger partial charge in [0.1, 0.15) is 126 Å². The number of ether oxygens (including phenoxy) is 8. The lowest BCUT2D eigenvalue weighted by atomic mass is 9.89. The lowest BCUT2D eigenvalue weighted by Gasteiger charge is -2.41. The molecule has 19 N–H and O–H groups in total.